The third-order valence-corrected chi connectivity index (χ3v) is 3.50. The Bertz CT molecular complexity index is 363. The van der Waals surface area contributed by atoms with Crippen molar-refractivity contribution >= 4 is 15.9 Å². The van der Waals surface area contributed by atoms with E-state index in [0.29, 0.717) is 0 Å². The molecule has 0 saturated heterocycles. The van der Waals surface area contributed by atoms with Crippen molar-refractivity contribution in [2.75, 3.05) is 19.1 Å². The molecule has 96 valence electrons. The predicted molar refractivity (Wildman–Crippen MR) is 77.2 cm³/mol. The first-order valence-corrected chi connectivity index (χ1v) is 7.11. The van der Waals surface area contributed by atoms with Crippen LogP contribution in [-0.2, 0) is 11.8 Å². The molecule has 0 heterocycles. The highest BCUT2D eigenvalue weighted by atomic mass is 79.9. The van der Waals surface area contributed by atoms with Crippen LogP contribution in [0.5, 0.6) is 5.75 Å². The number of nitrogens with one attached hydrogen (secondary N) is 1. The highest BCUT2D eigenvalue weighted by molar-refractivity contribution is 9.09. The number of rotatable bonds is 6. The van der Waals surface area contributed by atoms with Gasteiger partial charge in [-0.15, -0.1) is 0 Å². The van der Waals surface area contributed by atoms with Crippen LogP contribution in [0, 0.1) is 0 Å². The van der Waals surface area contributed by atoms with E-state index in [1.54, 1.807) is 7.11 Å². The lowest BCUT2D eigenvalue weighted by Gasteiger charge is -2.26. The van der Waals surface area contributed by atoms with Crippen molar-refractivity contribution in [3.05, 3.63) is 29.3 Å². The van der Waals surface area contributed by atoms with E-state index in [1.165, 1.54) is 11.1 Å². The van der Waals surface area contributed by atoms with Crippen LogP contribution in [0.25, 0.3) is 0 Å². The Morgan fingerprint density at radius 3 is 2.59 bits per heavy atom. The van der Waals surface area contributed by atoms with Crippen molar-refractivity contribution in [2.24, 2.45) is 0 Å². The molecule has 0 radical (unpaired) electrons. The number of halogens is 1. The summed E-state index contributed by atoms with van der Waals surface area (Å²) in [5, 5.41) is 3.34. The van der Waals surface area contributed by atoms with Crippen LogP contribution in [0.3, 0.4) is 0 Å². The van der Waals surface area contributed by atoms with E-state index >= 15 is 0 Å². The maximum atomic E-state index is 5.36. The molecule has 1 aromatic carbocycles. The van der Waals surface area contributed by atoms with E-state index in [4.69, 9.17) is 4.74 Å². The second kappa shape index (κ2) is 6.41. The summed E-state index contributed by atoms with van der Waals surface area (Å²) in [5.74, 6) is 0.987. The number of alkyl halides is 1. The molecule has 0 aliphatic rings. The molecule has 1 rings (SSSR count). The molecule has 1 aromatic rings. The molecular formula is C14H22BrNO. The minimum Gasteiger partial charge on any atom is -0.496 e. The van der Waals surface area contributed by atoms with E-state index in [0.717, 1.165) is 24.2 Å². The minimum absolute atomic E-state index is 0.129. The van der Waals surface area contributed by atoms with Crippen LogP contribution < -0.4 is 10.1 Å². The topological polar surface area (TPSA) is 21.3 Å². The summed E-state index contributed by atoms with van der Waals surface area (Å²) in [6.45, 7) is 7.62. The van der Waals surface area contributed by atoms with Gasteiger partial charge in [-0.2, -0.15) is 0 Å². The van der Waals surface area contributed by atoms with Gasteiger partial charge in [0.2, 0.25) is 0 Å². The minimum atomic E-state index is 0.129. The van der Waals surface area contributed by atoms with Gasteiger partial charge in [-0.3, -0.25) is 0 Å². The zero-order valence-electron chi connectivity index (χ0n) is 11.1. The summed E-state index contributed by atoms with van der Waals surface area (Å²) >= 11 is 3.39. The first-order chi connectivity index (χ1) is 8.05. The summed E-state index contributed by atoms with van der Waals surface area (Å²) in [4.78, 5) is 0. The molecule has 0 amide bonds. The van der Waals surface area contributed by atoms with Crippen LogP contribution in [-0.4, -0.2) is 19.1 Å². The van der Waals surface area contributed by atoms with Gasteiger partial charge in [0.05, 0.1) is 12.6 Å². The Labute approximate surface area is 113 Å². The van der Waals surface area contributed by atoms with Crippen molar-refractivity contribution in [1.82, 2.24) is 5.32 Å². The number of hydrogen-bond donors (Lipinski definition) is 1. The zero-order valence-corrected chi connectivity index (χ0v) is 12.7. The third-order valence-electron chi connectivity index (χ3n) is 3.10. The van der Waals surface area contributed by atoms with Gasteiger partial charge in [0.1, 0.15) is 5.75 Å². The molecule has 17 heavy (non-hydrogen) atoms. The van der Waals surface area contributed by atoms with E-state index < -0.39 is 0 Å². The Morgan fingerprint density at radius 2 is 2.06 bits per heavy atom. The zero-order chi connectivity index (χ0) is 12.9. The van der Waals surface area contributed by atoms with Crippen LogP contribution in [0.15, 0.2) is 18.2 Å². The van der Waals surface area contributed by atoms with Crippen LogP contribution in [0.1, 0.15) is 31.9 Å². The summed E-state index contributed by atoms with van der Waals surface area (Å²) in [7, 11) is 1.73. The van der Waals surface area contributed by atoms with Gasteiger partial charge in [0.15, 0.2) is 0 Å². The summed E-state index contributed by atoms with van der Waals surface area (Å²) in [5.41, 5.74) is 3.58. The van der Waals surface area contributed by atoms with Gasteiger partial charge >= 0.3 is 0 Å². The average Bonchev–Trinajstić information content (AvgIpc) is 2.35. The molecule has 2 nitrogen and oxygen atoms in total. The molecule has 3 heteroatoms. The highest BCUT2D eigenvalue weighted by Gasteiger charge is 2.20. The molecule has 0 fully saturated rings. The SMILES string of the molecule is CCc1cc(C(C)(C)CNCBr)ccc1OC. The molecule has 1 N–H and O–H groups in total. The first-order valence-electron chi connectivity index (χ1n) is 5.99. The fraction of sp³-hybridized carbons (Fsp3) is 0.571. The molecule has 0 spiro atoms. The Morgan fingerprint density at radius 1 is 1.35 bits per heavy atom. The molecule has 0 aliphatic carbocycles. The normalized spacial score (nSPS) is 11.6. The smallest absolute Gasteiger partial charge is 0.122 e. The number of methoxy groups -OCH3 is 1. The van der Waals surface area contributed by atoms with Gasteiger partial charge in [0.25, 0.3) is 0 Å². The average molecular weight is 300 g/mol. The molecule has 0 aliphatic heterocycles. The molecule has 0 unspecified atom stereocenters. The van der Waals surface area contributed by atoms with E-state index in [-0.39, 0.29) is 5.41 Å². The fourth-order valence-corrected chi connectivity index (χ4v) is 2.14. The van der Waals surface area contributed by atoms with Gasteiger partial charge in [-0.05, 0) is 23.6 Å². The van der Waals surface area contributed by atoms with Gasteiger partial charge < -0.3 is 10.1 Å². The van der Waals surface area contributed by atoms with E-state index in [9.17, 15) is 0 Å². The van der Waals surface area contributed by atoms with Crippen LogP contribution >= 0.6 is 15.9 Å². The Balaban J connectivity index is 2.98. The van der Waals surface area contributed by atoms with Crippen molar-refractivity contribution < 1.29 is 4.74 Å². The Hall–Kier alpha value is -0.540. The first kappa shape index (κ1) is 14.5. The maximum absolute atomic E-state index is 5.36. The number of hydrogen-bond acceptors (Lipinski definition) is 2. The van der Waals surface area contributed by atoms with Gasteiger partial charge in [-0.25, -0.2) is 0 Å². The lowest BCUT2D eigenvalue weighted by atomic mass is 9.83. The molecule has 0 bridgehead atoms. The lowest BCUT2D eigenvalue weighted by molar-refractivity contribution is 0.409. The van der Waals surface area contributed by atoms with Gasteiger partial charge in [-0.1, -0.05) is 48.8 Å². The van der Waals surface area contributed by atoms with Crippen LogP contribution in [0.4, 0.5) is 0 Å². The number of aryl methyl sites for hydroxylation is 1. The number of ether oxygens (including phenoxy) is 1. The molecular weight excluding hydrogens is 278 g/mol. The highest BCUT2D eigenvalue weighted by Crippen LogP contribution is 2.28. The standard InChI is InChI=1S/C14H22BrNO/c1-5-11-8-12(6-7-13(11)17-4)14(2,3)9-16-10-15/h6-8,16H,5,9-10H2,1-4H3. The van der Waals surface area contributed by atoms with E-state index in [1.807, 2.05) is 0 Å². The van der Waals surface area contributed by atoms with Gasteiger partial charge in [0, 0.05) is 12.0 Å². The van der Waals surface area contributed by atoms with Crippen LogP contribution in [0.2, 0.25) is 0 Å². The van der Waals surface area contributed by atoms with Crippen molar-refractivity contribution in [2.45, 2.75) is 32.6 Å². The van der Waals surface area contributed by atoms with Crippen molar-refractivity contribution in [3.63, 3.8) is 0 Å². The largest absolute Gasteiger partial charge is 0.496 e. The molecule has 0 atom stereocenters. The summed E-state index contributed by atoms with van der Waals surface area (Å²) < 4.78 is 5.36. The van der Waals surface area contributed by atoms with Crippen molar-refractivity contribution in [3.8, 4) is 5.75 Å². The van der Waals surface area contributed by atoms with Crippen molar-refractivity contribution in [1.29, 1.82) is 0 Å². The second-order valence-corrected chi connectivity index (χ2v) is 5.39. The number of benzene rings is 1. The quantitative estimate of drug-likeness (QED) is 0.641. The lowest BCUT2D eigenvalue weighted by Crippen LogP contribution is -2.32. The predicted octanol–water partition coefficient (Wildman–Crippen LogP) is 3.48. The molecule has 0 saturated carbocycles. The van der Waals surface area contributed by atoms with E-state index in [2.05, 4.69) is 60.2 Å². The molecule has 0 aromatic heterocycles. The second-order valence-electron chi connectivity index (χ2n) is 4.82. The fourth-order valence-electron chi connectivity index (χ4n) is 1.94. The monoisotopic (exact) mass is 299 g/mol. The third kappa shape index (κ3) is 3.71. The Kier molecular flexibility index (Phi) is 5.47. The maximum Gasteiger partial charge on any atom is 0.122 e. The summed E-state index contributed by atoms with van der Waals surface area (Å²) in [6.07, 6.45) is 0.999. The summed E-state index contributed by atoms with van der Waals surface area (Å²) in [6, 6.07) is 6.49.